The first-order valence-electron chi connectivity index (χ1n) is 10.6. The van der Waals surface area contributed by atoms with Gasteiger partial charge < -0.3 is 9.80 Å². The number of amides is 1. The van der Waals surface area contributed by atoms with Crippen LogP contribution in [0, 0.1) is 5.82 Å². The maximum atomic E-state index is 13.6. The lowest BCUT2D eigenvalue weighted by atomic mass is 10.0. The molecular weight excluding hydrogens is 460 g/mol. The molecule has 7 heteroatoms. The number of pyridine rings is 1. The van der Waals surface area contributed by atoms with Gasteiger partial charge in [-0.2, -0.15) is 0 Å². The van der Waals surface area contributed by atoms with Gasteiger partial charge in [-0.3, -0.25) is 4.79 Å². The number of aromatic nitrogens is 1. The second kappa shape index (κ2) is 9.00. The molecular formula is C26H20Cl2FN3O. The Morgan fingerprint density at radius 1 is 0.848 bits per heavy atom. The average Bonchev–Trinajstić information content (AvgIpc) is 2.85. The monoisotopic (exact) mass is 479 g/mol. The number of carbonyl (C=O) groups excluding carboxylic acids is 1. The number of para-hydroxylation sites is 1. The minimum atomic E-state index is -0.255. The van der Waals surface area contributed by atoms with E-state index in [2.05, 4.69) is 4.90 Å². The van der Waals surface area contributed by atoms with Crippen LogP contribution in [-0.2, 0) is 0 Å². The maximum absolute atomic E-state index is 13.6. The zero-order chi connectivity index (χ0) is 22.9. The number of benzene rings is 3. The van der Waals surface area contributed by atoms with Crippen molar-refractivity contribution in [2.45, 2.75) is 0 Å². The van der Waals surface area contributed by atoms with Gasteiger partial charge in [-0.05, 0) is 48.5 Å². The zero-order valence-corrected chi connectivity index (χ0v) is 19.2. The summed E-state index contributed by atoms with van der Waals surface area (Å²) in [5.74, 6) is -0.288. The molecule has 33 heavy (non-hydrogen) atoms. The molecule has 0 aliphatic carbocycles. The van der Waals surface area contributed by atoms with Gasteiger partial charge in [0.15, 0.2) is 0 Å². The lowest BCUT2D eigenvalue weighted by Gasteiger charge is -2.36. The number of carbonyl (C=O) groups is 1. The molecule has 5 rings (SSSR count). The maximum Gasteiger partial charge on any atom is 0.254 e. The van der Waals surface area contributed by atoms with Crippen LogP contribution in [-0.4, -0.2) is 42.0 Å². The van der Waals surface area contributed by atoms with E-state index in [1.54, 1.807) is 24.3 Å². The number of halogens is 3. The zero-order valence-electron chi connectivity index (χ0n) is 17.6. The van der Waals surface area contributed by atoms with E-state index in [9.17, 15) is 9.18 Å². The number of hydrogen-bond acceptors (Lipinski definition) is 3. The SMILES string of the molecule is O=C(c1cc(-c2ccc(Cl)c(Cl)c2)nc2ccccc12)N1CCN(c2ccc(F)cc2)CC1. The molecule has 1 fully saturated rings. The van der Waals surface area contributed by atoms with Crippen LogP contribution < -0.4 is 4.90 Å². The average molecular weight is 480 g/mol. The molecule has 0 spiro atoms. The Morgan fingerprint density at radius 2 is 1.58 bits per heavy atom. The number of nitrogens with zero attached hydrogens (tertiary/aromatic N) is 3. The van der Waals surface area contributed by atoms with Gasteiger partial charge in [0.05, 0.1) is 26.8 Å². The molecule has 4 aromatic rings. The molecule has 1 aliphatic heterocycles. The van der Waals surface area contributed by atoms with Crippen molar-refractivity contribution in [2.24, 2.45) is 0 Å². The molecule has 2 heterocycles. The van der Waals surface area contributed by atoms with Crippen LogP contribution in [0.2, 0.25) is 10.0 Å². The van der Waals surface area contributed by atoms with Crippen molar-refractivity contribution in [1.29, 1.82) is 0 Å². The molecule has 166 valence electrons. The van der Waals surface area contributed by atoms with E-state index in [1.807, 2.05) is 41.3 Å². The summed E-state index contributed by atoms with van der Waals surface area (Å²) in [5, 5.41) is 1.72. The van der Waals surface area contributed by atoms with E-state index in [1.165, 1.54) is 12.1 Å². The molecule has 1 saturated heterocycles. The fourth-order valence-corrected chi connectivity index (χ4v) is 4.44. The van der Waals surface area contributed by atoms with E-state index >= 15 is 0 Å². The Kier molecular flexibility index (Phi) is 5.92. The van der Waals surface area contributed by atoms with E-state index in [4.69, 9.17) is 28.2 Å². The minimum Gasteiger partial charge on any atom is -0.368 e. The number of anilines is 1. The third-order valence-corrected chi connectivity index (χ3v) is 6.66. The van der Waals surface area contributed by atoms with Gasteiger partial charge in [0.25, 0.3) is 5.91 Å². The summed E-state index contributed by atoms with van der Waals surface area (Å²) in [6.07, 6.45) is 0. The Hall–Kier alpha value is -3.15. The molecule has 0 unspecified atom stereocenters. The van der Waals surface area contributed by atoms with Gasteiger partial charge in [0.1, 0.15) is 5.82 Å². The molecule has 0 N–H and O–H groups in total. The molecule has 1 aromatic heterocycles. The topological polar surface area (TPSA) is 36.4 Å². The van der Waals surface area contributed by atoms with Crippen molar-refractivity contribution < 1.29 is 9.18 Å². The summed E-state index contributed by atoms with van der Waals surface area (Å²) >= 11 is 12.3. The summed E-state index contributed by atoms with van der Waals surface area (Å²) in [4.78, 5) is 22.4. The molecule has 1 amide bonds. The van der Waals surface area contributed by atoms with Crippen LogP contribution in [0.5, 0.6) is 0 Å². The first kappa shape index (κ1) is 21.7. The van der Waals surface area contributed by atoms with Crippen molar-refractivity contribution >= 4 is 45.7 Å². The third-order valence-electron chi connectivity index (χ3n) is 5.92. The Morgan fingerprint density at radius 3 is 2.30 bits per heavy atom. The summed E-state index contributed by atoms with van der Waals surface area (Å²) in [6, 6.07) is 21.3. The van der Waals surface area contributed by atoms with E-state index in [0.717, 1.165) is 22.2 Å². The lowest BCUT2D eigenvalue weighted by Crippen LogP contribution is -2.48. The van der Waals surface area contributed by atoms with Crippen LogP contribution in [0.25, 0.3) is 22.2 Å². The van der Waals surface area contributed by atoms with Crippen LogP contribution in [0.15, 0.2) is 72.8 Å². The number of piperazine rings is 1. The molecule has 0 radical (unpaired) electrons. The highest BCUT2D eigenvalue weighted by Gasteiger charge is 2.24. The summed E-state index contributed by atoms with van der Waals surface area (Å²) in [6.45, 7) is 2.52. The summed E-state index contributed by atoms with van der Waals surface area (Å²) in [7, 11) is 0. The third kappa shape index (κ3) is 4.39. The van der Waals surface area contributed by atoms with E-state index in [-0.39, 0.29) is 11.7 Å². The highest BCUT2D eigenvalue weighted by molar-refractivity contribution is 6.42. The predicted octanol–water partition coefficient (Wildman–Crippen LogP) is 6.31. The van der Waals surface area contributed by atoms with Gasteiger partial charge in [-0.1, -0.05) is 47.5 Å². The van der Waals surface area contributed by atoms with Gasteiger partial charge in [0.2, 0.25) is 0 Å². The molecule has 0 saturated carbocycles. The highest BCUT2D eigenvalue weighted by Crippen LogP contribution is 2.31. The normalized spacial score (nSPS) is 14.0. The van der Waals surface area contributed by atoms with Crippen molar-refractivity contribution in [3.8, 4) is 11.3 Å². The second-order valence-electron chi connectivity index (χ2n) is 7.96. The van der Waals surface area contributed by atoms with Crippen molar-refractivity contribution in [1.82, 2.24) is 9.88 Å². The van der Waals surface area contributed by atoms with Crippen molar-refractivity contribution in [3.05, 3.63) is 94.2 Å². The summed E-state index contributed by atoms with van der Waals surface area (Å²) in [5.41, 5.74) is 3.77. The number of hydrogen-bond donors (Lipinski definition) is 0. The van der Waals surface area contributed by atoms with Crippen LogP contribution in [0.4, 0.5) is 10.1 Å². The highest BCUT2D eigenvalue weighted by atomic mass is 35.5. The Balaban J connectivity index is 1.44. The van der Waals surface area contributed by atoms with Crippen LogP contribution in [0.3, 0.4) is 0 Å². The lowest BCUT2D eigenvalue weighted by molar-refractivity contribution is 0.0748. The smallest absolute Gasteiger partial charge is 0.254 e. The molecule has 0 bridgehead atoms. The molecule has 4 nitrogen and oxygen atoms in total. The number of fused-ring (bicyclic) bond motifs is 1. The fourth-order valence-electron chi connectivity index (χ4n) is 4.15. The molecule has 0 atom stereocenters. The van der Waals surface area contributed by atoms with Gasteiger partial charge in [-0.15, -0.1) is 0 Å². The van der Waals surface area contributed by atoms with E-state index < -0.39 is 0 Å². The van der Waals surface area contributed by atoms with Crippen molar-refractivity contribution in [3.63, 3.8) is 0 Å². The quantitative estimate of drug-likeness (QED) is 0.345. The first-order chi connectivity index (χ1) is 16.0. The van der Waals surface area contributed by atoms with Gasteiger partial charge in [-0.25, -0.2) is 9.37 Å². The molecule has 3 aromatic carbocycles. The predicted molar refractivity (Wildman–Crippen MR) is 132 cm³/mol. The second-order valence-corrected chi connectivity index (χ2v) is 8.77. The first-order valence-corrected chi connectivity index (χ1v) is 11.4. The summed E-state index contributed by atoms with van der Waals surface area (Å²) < 4.78 is 13.2. The Bertz CT molecular complexity index is 1340. The van der Waals surface area contributed by atoms with Gasteiger partial charge in [0, 0.05) is 42.8 Å². The number of rotatable bonds is 3. The van der Waals surface area contributed by atoms with Crippen LogP contribution in [0.1, 0.15) is 10.4 Å². The Labute approximate surface area is 201 Å². The fraction of sp³-hybridized carbons (Fsp3) is 0.154. The van der Waals surface area contributed by atoms with Crippen LogP contribution >= 0.6 is 23.2 Å². The van der Waals surface area contributed by atoms with E-state index in [0.29, 0.717) is 47.5 Å². The van der Waals surface area contributed by atoms with Gasteiger partial charge >= 0.3 is 0 Å². The molecule has 1 aliphatic rings. The minimum absolute atomic E-state index is 0.0336. The largest absolute Gasteiger partial charge is 0.368 e. The van der Waals surface area contributed by atoms with Crippen molar-refractivity contribution in [2.75, 3.05) is 31.1 Å². The standard InChI is InChI=1S/C26H20Cl2FN3O/c27-22-10-5-17(15-23(22)28)25-16-21(20-3-1-2-4-24(20)30-25)26(33)32-13-11-31(12-14-32)19-8-6-18(29)7-9-19/h1-10,15-16H,11-14H2.